The fourth-order valence-electron chi connectivity index (χ4n) is 2.68. The molecular formula is C17H18FN3O3. The Morgan fingerprint density at radius 3 is 2.79 bits per heavy atom. The van der Waals surface area contributed by atoms with Crippen molar-refractivity contribution in [2.45, 2.75) is 25.5 Å². The molecule has 1 aromatic carbocycles. The number of rotatable bonds is 5. The number of ether oxygens (including phenoxy) is 1. The summed E-state index contributed by atoms with van der Waals surface area (Å²) in [6.07, 6.45) is 4.23. The first kappa shape index (κ1) is 16.3. The predicted octanol–water partition coefficient (Wildman–Crippen LogP) is 1.73. The van der Waals surface area contributed by atoms with Crippen LogP contribution in [0.4, 0.5) is 4.39 Å². The van der Waals surface area contributed by atoms with Gasteiger partial charge in [-0.3, -0.25) is 9.59 Å². The van der Waals surface area contributed by atoms with E-state index in [0.717, 1.165) is 24.6 Å². The average molecular weight is 331 g/mol. The van der Waals surface area contributed by atoms with Crippen LogP contribution in [0.3, 0.4) is 0 Å². The van der Waals surface area contributed by atoms with E-state index in [1.54, 1.807) is 17.0 Å². The van der Waals surface area contributed by atoms with E-state index in [1.165, 1.54) is 18.3 Å². The van der Waals surface area contributed by atoms with Gasteiger partial charge in [0.25, 0.3) is 11.5 Å². The Bertz CT molecular complexity index is 734. The van der Waals surface area contributed by atoms with E-state index in [-0.39, 0.29) is 29.1 Å². The number of nitrogens with one attached hydrogen (secondary N) is 1. The monoisotopic (exact) mass is 331 g/mol. The first-order valence-electron chi connectivity index (χ1n) is 7.82. The third-order valence-corrected chi connectivity index (χ3v) is 3.91. The molecule has 1 amide bonds. The topological polar surface area (TPSA) is 75.3 Å². The Hall–Kier alpha value is -2.54. The number of hydrogen-bond donors (Lipinski definition) is 1. The predicted molar refractivity (Wildman–Crippen MR) is 85.0 cm³/mol. The minimum Gasteiger partial charge on any atom is -0.376 e. The molecule has 1 unspecified atom stereocenters. The van der Waals surface area contributed by atoms with Crippen molar-refractivity contribution in [3.8, 4) is 0 Å². The molecule has 6 nitrogen and oxygen atoms in total. The van der Waals surface area contributed by atoms with Gasteiger partial charge < -0.3 is 14.6 Å². The van der Waals surface area contributed by atoms with Gasteiger partial charge in [0, 0.05) is 25.9 Å². The fourth-order valence-corrected chi connectivity index (χ4v) is 2.68. The molecular weight excluding hydrogens is 313 g/mol. The van der Waals surface area contributed by atoms with Crippen LogP contribution in [0.5, 0.6) is 0 Å². The number of H-pyrrole nitrogens is 1. The number of nitrogens with zero attached hydrogens (tertiary/aromatic N) is 2. The van der Waals surface area contributed by atoms with E-state index in [1.807, 2.05) is 0 Å². The molecule has 0 saturated carbocycles. The van der Waals surface area contributed by atoms with Gasteiger partial charge in [-0.05, 0) is 30.5 Å². The largest absolute Gasteiger partial charge is 0.376 e. The number of aromatic amines is 1. The van der Waals surface area contributed by atoms with Crippen molar-refractivity contribution in [3.05, 3.63) is 64.1 Å². The zero-order valence-corrected chi connectivity index (χ0v) is 13.1. The summed E-state index contributed by atoms with van der Waals surface area (Å²) < 4.78 is 18.7. The van der Waals surface area contributed by atoms with Crippen LogP contribution in [0.1, 0.15) is 28.9 Å². The van der Waals surface area contributed by atoms with Gasteiger partial charge in [0.05, 0.1) is 12.3 Å². The fraction of sp³-hybridized carbons (Fsp3) is 0.353. The molecule has 2 aromatic rings. The molecule has 1 N–H and O–H groups in total. The van der Waals surface area contributed by atoms with E-state index >= 15 is 0 Å². The highest BCUT2D eigenvalue weighted by atomic mass is 19.1. The maximum atomic E-state index is 13.1. The Morgan fingerprint density at radius 2 is 2.17 bits per heavy atom. The van der Waals surface area contributed by atoms with Crippen LogP contribution < -0.4 is 5.56 Å². The number of carbonyl (C=O) groups is 1. The second kappa shape index (κ2) is 7.35. The van der Waals surface area contributed by atoms with Gasteiger partial charge in [-0.2, -0.15) is 0 Å². The Balaban J connectivity index is 1.79. The molecule has 0 aliphatic carbocycles. The third-order valence-electron chi connectivity index (χ3n) is 3.91. The summed E-state index contributed by atoms with van der Waals surface area (Å²) in [5, 5.41) is 0. The molecule has 0 spiro atoms. The number of amides is 1. The zero-order valence-electron chi connectivity index (χ0n) is 13.1. The molecule has 2 heterocycles. The number of hydrogen-bond acceptors (Lipinski definition) is 4. The summed E-state index contributed by atoms with van der Waals surface area (Å²) in [6.45, 7) is 1.44. The molecule has 1 fully saturated rings. The molecule has 24 heavy (non-hydrogen) atoms. The second-order valence-corrected chi connectivity index (χ2v) is 5.74. The zero-order chi connectivity index (χ0) is 16.9. The molecule has 0 radical (unpaired) electrons. The summed E-state index contributed by atoms with van der Waals surface area (Å²) in [4.78, 5) is 31.8. The molecule has 1 aliphatic rings. The normalized spacial score (nSPS) is 17.0. The lowest BCUT2D eigenvalue weighted by Gasteiger charge is -2.25. The van der Waals surface area contributed by atoms with Gasteiger partial charge in [0.1, 0.15) is 11.5 Å². The van der Waals surface area contributed by atoms with E-state index in [9.17, 15) is 14.0 Å². The van der Waals surface area contributed by atoms with Crippen LogP contribution in [0.15, 0.2) is 41.5 Å². The lowest BCUT2D eigenvalue weighted by molar-refractivity contribution is 0.0502. The lowest BCUT2D eigenvalue weighted by Crippen LogP contribution is -2.37. The van der Waals surface area contributed by atoms with Crippen LogP contribution in [-0.2, 0) is 11.3 Å². The minimum absolute atomic E-state index is 0.0165. The summed E-state index contributed by atoms with van der Waals surface area (Å²) in [5.41, 5.74) is 0.609. The van der Waals surface area contributed by atoms with E-state index in [4.69, 9.17) is 4.74 Å². The number of benzene rings is 1. The lowest BCUT2D eigenvalue weighted by atomic mass is 10.1. The van der Waals surface area contributed by atoms with E-state index in [2.05, 4.69) is 9.97 Å². The summed E-state index contributed by atoms with van der Waals surface area (Å²) >= 11 is 0. The van der Waals surface area contributed by atoms with Crippen molar-refractivity contribution >= 4 is 5.91 Å². The molecule has 1 aliphatic heterocycles. The molecule has 3 rings (SSSR count). The van der Waals surface area contributed by atoms with Crippen LogP contribution in [0, 0.1) is 5.82 Å². The number of carbonyl (C=O) groups excluding carboxylic acids is 1. The first-order valence-corrected chi connectivity index (χ1v) is 7.82. The highest BCUT2D eigenvalue weighted by molar-refractivity contribution is 5.91. The first-order chi connectivity index (χ1) is 11.6. The van der Waals surface area contributed by atoms with E-state index < -0.39 is 0 Å². The van der Waals surface area contributed by atoms with Crippen molar-refractivity contribution in [2.24, 2.45) is 0 Å². The Labute approximate surface area is 138 Å². The maximum Gasteiger partial charge on any atom is 0.274 e. The van der Waals surface area contributed by atoms with Gasteiger partial charge in [-0.25, -0.2) is 9.37 Å². The third kappa shape index (κ3) is 4.05. The van der Waals surface area contributed by atoms with Gasteiger partial charge in [-0.15, -0.1) is 0 Å². The smallest absolute Gasteiger partial charge is 0.274 e. The molecule has 1 saturated heterocycles. The minimum atomic E-state index is -0.365. The summed E-state index contributed by atoms with van der Waals surface area (Å²) in [6, 6.07) is 6.02. The number of aromatic nitrogens is 2. The van der Waals surface area contributed by atoms with Gasteiger partial charge in [-0.1, -0.05) is 12.1 Å². The van der Waals surface area contributed by atoms with Crippen LogP contribution in [0.2, 0.25) is 0 Å². The molecule has 7 heteroatoms. The highest BCUT2D eigenvalue weighted by Crippen LogP contribution is 2.17. The average Bonchev–Trinajstić information content (AvgIpc) is 3.09. The van der Waals surface area contributed by atoms with Crippen molar-refractivity contribution in [1.82, 2.24) is 14.9 Å². The highest BCUT2D eigenvalue weighted by Gasteiger charge is 2.24. The van der Waals surface area contributed by atoms with Crippen molar-refractivity contribution in [3.63, 3.8) is 0 Å². The van der Waals surface area contributed by atoms with Crippen LogP contribution in [0.25, 0.3) is 0 Å². The summed E-state index contributed by atoms with van der Waals surface area (Å²) in [5.74, 6) is -0.621. The Morgan fingerprint density at radius 1 is 1.38 bits per heavy atom. The van der Waals surface area contributed by atoms with Gasteiger partial charge in [0.2, 0.25) is 0 Å². The van der Waals surface area contributed by atoms with Gasteiger partial charge >= 0.3 is 0 Å². The molecule has 0 bridgehead atoms. The molecule has 126 valence electrons. The number of halogens is 1. The van der Waals surface area contributed by atoms with Crippen molar-refractivity contribution < 1.29 is 13.9 Å². The SMILES string of the molecule is O=C(c1c[nH]c(=O)cn1)N(Cc1ccc(F)cc1)CC1CCCO1. The molecule has 1 aromatic heterocycles. The van der Waals surface area contributed by atoms with Crippen molar-refractivity contribution in [1.29, 1.82) is 0 Å². The van der Waals surface area contributed by atoms with Crippen molar-refractivity contribution in [2.75, 3.05) is 13.2 Å². The van der Waals surface area contributed by atoms with Crippen LogP contribution in [-0.4, -0.2) is 40.0 Å². The van der Waals surface area contributed by atoms with Crippen LogP contribution >= 0.6 is 0 Å². The Kier molecular flexibility index (Phi) is 5.00. The standard InChI is InChI=1S/C17H18FN3O3/c18-13-5-3-12(4-6-13)10-21(11-14-2-1-7-24-14)17(23)15-8-20-16(22)9-19-15/h3-6,8-9,14H,1-2,7,10-11H2,(H,20,22). The second-order valence-electron chi connectivity index (χ2n) is 5.74. The maximum absolute atomic E-state index is 13.1. The van der Waals surface area contributed by atoms with E-state index in [0.29, 0.717) is 19.7 Å². The molecule has 1 atom stereocenters. The van der Waals surface area contributed by atoms with Gasteiger partial charge in [0.15, 0.2) is 0 Å². The quantitative estimate of drug-likeness (QED) is 0.905. The summed E-state index contributed by atoms with van der Waals surface area (Å²) in [7, 11) is 0.